The van der Waals surface area contributed by atoms with Gasteiger partial charge in [0.25, 0.3) is 0 Å². The highest BCUT2D eigenvalue weighted by Crippen LogP contribution is 2.41. The van der Waals surface area contributed by atoms with E-state index in [1.807, 2.05) is 69.3 Å². The van der Waals surface area contributed by atoms with Crippen molar-refractivity contribution in [2.75, 3.05) is 5.75 Å². The van der Waals surface area contributed by atoms with E-state index in [1.165, 1.54) is 23.9 Å². The Bertz CT molecular complexity index is 1880. The minimum Gasteiger partial charge on any atom is -0.481 e. The van der Waals surface area contributed by atoms with Crippen LogP contribution in [0.5, 0.6) is 0 Å². The van der Waals surface area contributed by atoms with Crippen molar-refractivity contribution in [3.63, 3.8) is 0 Å². The number of hydrogen-bond acceptors (Lipinski definition) is 5. The van der Waals surface area contributed by atoms with Crippen LogP contribution in [0, 0.1) is 11.7 Å². The third-order valence-corrected chi connectivity index (χ3v) is 10.2. The Labute approximate surface area is 243 Å². The van der Waals surface area contributed by atoms with E-state index in [2.05, 4.69) is 0 Å². The zero-order valence-electron chi connectivity index (χ0n) is 23.3. The molecule has 5 aromatic rings. The highest BCUT2D eigenvalue weighted by molar-refractivity contribution is 7.98. The number of carbonyl (C=O) groups is 1. The number of furan rings is 1. The van der Waals surface area contributed by atoms with Gasteiger partial charge in [-0.3, -0.25) is 4.79 Å². The van der Waals surface area contributed by atoms with E-state index in [0.29, 0.717) is 5.75 Å². The highest BCUT2D eigenvalue weighted by Gasteiger charge is 2.26. The lowest BCUT2D eigenvalue weighted by atomic mass is 9.81. The first-order valence-corrected chi connectivity index (χ1v) is 15.9. The first-order valence-electron chi connectivity index (χ1n) is 13.3. The molecule has 0 fully saturated rings. The van der Waals surface area contributed by atoms with Gasteiger partial charge in [-0.1, -0.05) is 70.2 Å². The first-order chi connectivity index (χ1) is 19.4. The van der Waals surface area contributed by atoms with Gasteiger partial charge < -0.3 is 9.52 Å². The fourth-order valence-electron chi connectivity index (χ4n) is 4.89. The van der Waals surface area contributed by atoms with E-state index in [0.717, 1.165) is 44.7 Å². The van der Waals surface area contributed by atoms with Gasteiger partial charge in [0, 0.05) is 27.8 Å². The van der Waals surface area contributed by atoms with Crippen molar-refractivity contribution in [1.82, 2.24) is 0 Å². The number of halogens is 1. The minimum absolute atomic E-state index is 0.00669. The molecule has 0 aliphatic carbocycles. The summed E-state index contributed by atoms with van der Waals surface area (Å²) in [7, 11) is -3.97. The monoisotopic (exact) mass is 590 g/mol. The van der Waals surface area contributed by atoms with Crippen molar-refractivity contribution in [2.24, 2.45) is 5.92 Å². The van der Waals surface area contributed by atoms with Crippen LogP contribution in [-0.2, 0) is 25.8 Å². The van der Waals surface area contributed by atoms with Crippen LogP contribution in [0.25, 0.3) is 33.1 Å². The zero-order chi connectivity index (χ0) is 29.5. The van der Waals surface area contributed by atoms with E-state index < -0.39 is 33.0 Å². The molecule has 0 amide bonds. The van der Waals surface area contributed by atoms with Crippen molar-refractivity contribution in [3.8, 4) is 11.1 Å². The molecule has 4 aromatic carbocycles. The van der Waals surface area contributed by atoms with Crippen LogP contribution in [0.15, 0.2) is 93.1 Å². The molecular weight excluding hydrogens is 559 g/mol. The zero-order valence-corrected chi connectivity index (χ0v) is 24.9. The summed E-state index contributed by atoms with van der Waals surface area (Å²) < 4.78 is 48.4. The maximum atomic E-state index is 14.6. The lowest BCUT2D eigenvalue weighted by Gasteiger charge is -2.24. The molecule has 0 spiro atoms. The van der Waals surface area contributed by atoms with Gasteiger partial charge in [0.05, 0.1) is 15.7 Å². The second-order valence-corrected chi connectivity index (χ2v) is 14.2. The Balaban J connectivity index is 1.56. The number of carboxylic acid groups (broad SMARTS) is 1. The number of para-hydroxylation sites is 2. The summed E-state index contributed by atoms with van der Waals surface area (Å²) in [6, 6.07) is 22.7. The van der Waals surface area contributed by atoms with Crippen LogP contribution < -0.4 is 0 Å². The van der Waals surface area contributed by atoms with Gasteiger partial charge in [0.15, 0.2) is 0 Å². The average Bonchev–Trinajstić information content (AvgIpc) is 3.32. The molecule has 0 aliphatic rings. The van der Waals surface area contributed by atoms with E-state index in [4.69, 9.17) is 9.52 Å². The Morgan fingerprint density at radius 3 is 2.34 bits per heavy atom. The SMILES string of the molecule is CC(CSCc1cc(S(=O)(=O)c2ccc(-c3cccc4c3oc3ccccc34)c(C(C)(C)C)c2)ccc1F)C(=O)O. The molecule has 0 saturated carbocycles. The number of rotatable bonds is 8. The number of thioether (sulfide) groups is 1. The molecule has 41 heavy (non-hydrogen) atoms. The van der Waals surface area contributed by atoms with Crippen LogP contribution in [0.1, 0.15) is 38.8 Å². The summed E-state index contributed by atoms with van der Waals surface area (Å²) in [5.41, 5.74) is 3.95. The van der Waals surface area contributed by atoms with Crippen LogP contribution in [0.2, 0.25) is 0 Å². The van der Waals surface area contributed by atoms with E-state index in [-0.39, 0.29) is 21.1 Å². The highest BCUT2D eigenvalue weighted by atomic mass is 32.2. The second kappa shape index (κ2) is 11.0. The molecule has 0 radical (unpaired) electrons. The number of sulfone groups is 1. The molecule has 1 heterocycles. The van der Waals surface area contributed by atoms with E-state index in [9.17, 15) is 17.6 Å². The van der Waals surface area contributed by atoms with Crippen molar-refractivity contribution in [1.29, 1.82) is 0 Å². The molecule has 0 aliphatic heterocycles. The molecule has 212 valence electrons. The second-order valence-electron chi connectivity index (χ2n) is 11.2. The van der Waals surface area contributed by atoms with Gasteiger partial charge in [-0.25, -0.2) is 12.8 Å². The summed E-state index contributed by atoms with van der Waals surface area (Å²) in [5.74, 6) is -1.58. The van der Waals surface area contributed by atoms with Crippen molar-refractivity contribution < 1.29 is 27.1 Å². The quantitative estimate of drug-likeness (QED) is 0.183. The Kier molecular flexibility index (Phi) is 7.74. The molecule has 1 N–H and O–H groups in total. The molecule has 0 bridgehead atoms. The molecule has 1 unspecified atom stereocenters. The molecular formula is C33H31FO5S2. The van der Waals surface area contributed by atoms with Crippen molar-refractivity contribution in [3.05, 3.63) is 95.8 Å². The minimum atomic E-state index is -3.97. The predicted octanol–water partition coefficient (Wildman–Crippen LogP) is 8.48. The standard InChI is InChI=1S/C33H31FO5S2/c1-20(32(35)36)18-40-19-21-16-22(13-15-29(21)34)41(37,38)23-12-14-24(28(17-23)33(2,3)4)26-9-7-10-27-25-8-5-6-11-30(25)39-31(26)27/h5-17,20H,18-19H2,1-4H3,(H,35,36). The maximum Gasteiger partial charge on any atom is 0.307 e. The maximum absolute atomic E-state index is 14.6. The fraction of sp³-hybridized carbons (Fsp3) is 0.242. The Morgan fingerprint density at radius 2 is 1.61 bits per heavy atom. The smallest absolute Gasteiger partial charge is 0.307 e. The van der Waals surface area contributed by atoms with E-state index in [1.54, 1.807) is 19.1 Å². The predicted molar refractivity (Wildman–Crippen MR) is 163 cm³/mol. The number of hydrogen-bond donors (Lipinski definition) is 1. The first kappa shape index (κ1) is 28.9. The molecule has 8 heteroatoms. The fourth-order valence-corrected chi connectivity index (χ4v) is 7.28. The average molecular weight is 591 g/mol. The van der Waals surface area contributed by atoms with Gasteiger partial charge >= 0.3 is 5.97 Å². The van der Waals surface area contributed by atoms with Crippen LogP contribution in [0.3, 0.4) is 0 Å². The van der Waals surface area contributed by atoms with Gasteiger partial charge in [-0.2, -0.15) is 11.8 Å². The van der Waals surface area contributed by atoms with Crippen LogP contribution in [0.4, 0.5) is 4.39 Å². The van der Waals surface area contributed by atoms with Gasteiger partial charge in [0.2, 0.25) is 9.84 Å². The van der Waals surface area contributed by atoms with E-state index >= 15 is 0 Å². The summed E-state index contributed by atoms with van der Waals surface area (Å²) >= 11 is 1.26. The van der Waals surface area contributed by atoms with Gasteiger partial charge in [-0.05, 0) is 58.5 Å². The summed E-state index contributed by atoms with van der Waals surface area (Å²) in [5, 5.41) is 11.1. The van der Waals surface area contributed by atoms with Crippen LogP contribution in [-0.4, -0.2) is 25.2 Å². The lowest BCUT2D eigenvalue weighted by Crippen LogP contribution is -2.14. The van der Waals surface area contributed by atoms with Crippen molar-refractivity contribution in [2.45, 2.75) is 48.7 Å². The number of fused-ring (bicyclic) bond motifs is 3. The molecule has 5 rings (SSSR count). The number of benzene rings is 4. The third-order valence-electron chi connectivity index (χ3n) is 7.18. The molecule has 1 aromatic heterocycles. The lowest BCUT2D eigenvalue weighted by molar-refractivity contribution is -0.140. The van der Waals surface area contributed by atoms with Gasteiger partial charge in [0.1, 0.15) is 17.0 Å². The molecule has 5 nitrogen and oxygen atoms in total. The Hall–Kier alpha value is -3.62. The molecule has 1 atom stereocenters. The van der Waals surface area contributed by atoms with Crippen LogP contribution >= 0.6 is 11.8 Å². The number of carboxylic acids is 1. The normalized spacial score (nSPS) is 13.1. The van der Waals surface area contributed by atoms with Gasteiger partial charge in [-0.15, -0.1) is 0 Å². The topological polar surface area (TPSA) is 84.6 Å². The molecule has 0 saturated heterocycles. The summed E-state index contributed by atoms with van der Waals surface area (Å²) in [6.45, 7) is 7.68. The summed E-state index contributed by atoms with van der Waals surface area (Å²) in [6.07, 6.45) is 0. The third kappa shape index (κ3) is 5.63. The largest absolute Gasteiger partial charge is 0.481 e. The summed E-state index contributed by atoms with van der Waals surface area (Å²) in [4.78, 5) is 11.2. The Morgan fingerprint density at radius 1 is 0.927 bits per heavy atom. The number of aliphatic carboxylic acids is 1. The van der Waals surface area contributed by atoms with Crippen molar-refractivity contribution >= 4 is 49.5 Å².